The van der Waals surface area contributed by atoms with E-state index < -0.39 is 28.5 Å². The number of hydrogen-bond donors (Lipinski definition) is 1. The summed E-state index contributed by atoms with van der Waals surface area (Å²) in [5.41, 5.74) is 3.83. The third-order valence-corrected chi connectivity index (χ3v) is 9.84. The van der Waals surface area contributed by atoms with E-state index in [0.717, 1.165) is 27.4 Å². The van der Waals surface area contributed by atoms with Gasteiger partial charge in [-0.1, -0.05) is 96.9 Å². The van der Waals surface area contributed by atoms with E-state index in [4.69, 9.17) is 11.6 Å². The Hall–Kier alpha value is -4.14. The first-order valence-electron chi connectivity index (χ1n) is 15.0. The highest BCUT2D eigenvalue weighted by Gasteiger charge is 2.35. The second kappa shape index (κ2) is 15.2. The summed E-state index contributed by atoms with van der Waals surface area (Å²) in [6, 6.07) is 29.1. The average molecular weight is 646 g/mol. The second-order valence-corrected chi connectivity index (χ2v) is 13.6. The molecule has 0 fully saturated rings. The van der Waals surface area contributed by atoms with Crippen LogP contribution in [0.25, 0.3) is 0 Å². The van der Waals surface area contributed by atoms with Crippen LogP contribution >= 0.6 is 11.6 Å². The molecule has 0 aliphatic rings. The first-order chi connectivity index (χ1) is 21.5. The molecule has 2 atom stereocenters. The van der Waals surface area contributed by atoms with Crippen molar-refractivity contribution in [1.82, 2.24) is 10.2 Å². The van der Waals surface area contributed by atoms with Gasteiger partial charge in [0.1, 0.15) is 12.6 Å². The third kappa shape index (κ3) is 8.74. The molecule has 0 spiro atoms. The molecule has 0 aliphatic carbocycles. The average Bonchev–Trinajstić information content (AvgIpc) is 3.03. The van der Waals surface area contributed by atoms with Gasteiger partial charge in [-0.2, -0.15) is 0 Å². The van der Waals surface area contributed by atoms with Gasteiger partial charge in [-0.15, -0.1) is 0 Å². The molecule has 4 aromatic rings. The molecule has 1 N–H and O–H groups in total. The van der Waals surface area contributed by atoms with E-state index in [9.17, 15) is 18.0 Å². The lowest BCUT2D eigenvalue weighted by Crippen LogP contribution is -2.54. The zero-order valence-corrected chi connectivity index (χ0v) is 27.7. The number of hydrogen-bond acceptors (Lipinski definition) is 4. The van der Waals surface area contributed by atoms with Crippen molar-refractivity contribution in [2.75, 3.05) is 10.8 Å². The Morgan fingerprint density at radius 1 is 0.822 bits per heavy atom. The second-order valence-electron chi connectivity index (χ2n) is 11.3. The number of nitrogens with zero attached hydrogens (tertiary/aromatic N) is 2. The van der Waals surface area contributed by atoms with Crippen molar-refractivity contribution in [2.45, 2.75) is 64.1 Å². The number of carbonyl (C=O) groups is 2. The maximum absolute atomic E-state index is 14.6. The Bertz CT molecular complexity index is 1690. The smallest absolute Gasteiger partial charge is 0.264 e. The maximum atomic E-state index is 14.6. The van der Waals surface area contributed by atoms with Crippen molar-refractivity contribution in [1.29, 1.82) is 0 Å². The Morgan fingerprint density at radius 3 is 2.07 bits per heavy atom. The minimum atomic E-state index is -4.20. The maximum Gasteiger partial charge on any atom is 0.264 e. The van der Waals surface area contributed by atoms with E-state index in [1.54, 1.807) is 25.1 Å². The fraction of sp³-hybridized carbons (Fsp3) is 0.278. The summed E-state index contributed by atoms with van der Waals surface area (Å²) < 4.78 is 29.5. The van der Waals surface area contributed by atoms with E-state index in [1.165, 1.54) is 29.2 Å². The SMILES string of the molecule is CC[C@H](C)NC(=O)[C@H](Cc1ccccc1)N(Cc1ccc(C)cc1)C(=O)CN(c1ccccc1C)S(=O)(=O)c1ccc(Cl)cc1. The van der Waals surface area contributed by atoms with Gasteiger partial charge in [-0.25, -0.2) is 8.42 Å². The molecule has 0 aliphatic heterocycles. The molecule has 9 heteroatoms. The predicted octanol–water partition coefficient (Wildman–Crippen LogP) is 6.71. The quantitative estimate of drug-likeness (QED) is 0.175. The van der Waals surface area contributed by atoms with Gasteiger partial charge in [-0.3, -0.25) is 13.9 Å². The Balaban J connectivity index is 1.81. The number of anilines is 1. The number of halogens is 1. The summed E-state index contributed by atoms with van der Waals surface area (Å²) in [6.45, 7) is 7.28. The van der Waals surface area contributed by atoms with Gasteiger partial charge in [0.25, 0.3) is 10.0 Å². The largest absolute Gasteiger partial charge is 0.352 e. The highest BCUT2D eigenvalue weighted by atomic mass is 35.5. The summed E-state index contributed by atoms with van der Waals surface area (Å²) in [4.78, 5) is 30.0. The summed E-state index contributed by atoms with van der Waals surface area (Å²) in [7, 11) is -4.20. The third-order valence-electron chi connectivity index (χ3n) is 7.81. The van der Waals surface area contributed by atoms with Crippen molar-refractivity contribution in [3.8, 4) is 0 Å². The van der Waals surface area contributed by atoms with E-state index >= 15 is 0 Å². The van der Waals surface area contributed by atoms with E-state index in [2.05, 4.69) is 5.32 Å². The topological polar surface area (TPSA) is 86.8 Å². The van der Waals surface area contributed by atoms with Gasteiger partial charge < -0.3 is 10.2 Å². The number of benzene rings is 4. The molecule has 45 heavy (non-hydrogen) atoms. The molecular weight excluding hydrogens is 606 g/mol. The zero-order valence-electron chi connectivity index (χ0n) is 26.1. The molecule has 0 unspecified atom stereocenters. The van der Waals surface area contributed by atoms with Crippen LogP contribution in [-0.4, -0.2) is 43.8 Å². The highest BCUT2D eigenvalue weighted by Crippen LogP contribution is 2.28. The minimum Gasteiger partial charge on any atom is -0.352 e. The molecule has 2 amide bonds. The molecule has 4 aromatic carbocycles. The number of carbonyl (C=O) groups excluding carboxylic acids is 2. The summed E-state index contributed by atoms with van der Waals surface area (Å²) in [5.74, 6) is -0.798. The molecule has 0 heterocycles. The normalized spacial score (nSPS) is 12.6. The summed E-state index contributed by atoms with van der Waals surface area (Å²) >= 11 is 6.07. The molecule has 0 radical (unpaired) electrons. The molecule has 0 saturated carbocycles. The van der Waals surface area contributed by atoms with Crippen LogP contribution in [0.15, 0.2) is 108 Å². The van der Waals surface area contributed by atoms with Gasteiger partial charge in [0.2, 0.25) is 11.8 Å². The van der Waals surface area contributed by atoms with Crippen molar-refractivity contribution in [3.05, 3.63) is 130 Å². The number of nitrogens with one attached hydrogen (secondary N) is 1. The molecule has 0 aromatic heterocycles. The van der Waals surface area contributed by atoms with Crippen molar-refractivity contribution in [2.24, 2.45) is 0 Å². The summed E-state index contributed by atoms with van der Waals surface area (Å²) in [6.07, 6.45) is 0.977. The van der Waals surface area contributed by atoms with Crippen LogP contribution in [0.4, 0.5) is 5.69 Å². The fourth-order valence-corrected chi connectivity index (χ4v) is 6.58. The number of rotatable bonds is 13. The lowest BCUT2D eigenvalue weighted by molar-refractivity contribution is -0.140. The number of para-hydroxylation sites is 1. The fourth-order valence-electron chi connectivity index (χ4n) is 4.98. The molecule has 4 rings (SSSR count). The van der Waals surface area contributed by atoms with Crippen LogP contribution in [0.1, 0.15) is 42.5 Å². The van der Waals surface area contributed by atoms with Gasteiger partial charge in [0.15, 0.2) is 0 Å². The van der Waals surface area contributed by atoms with Crippen LogP contribution in [0, 0.1) is 13.8 Å². The molecule has 0 bridgehead atoms. The minimum absolute atomic E-state index is 0.00314. The molecule has 0 saturated heterocycles. The van der Waals surface area contributed by atoms with Crippen LogP contribution in [-0.2, 0) is 32.6 Å². The Morgan fingerprint density at radius 2 is 1.44 bits per heavy atom. The molecule has 7 nitrogen and oxygen atoms in total. The van der Waals surface area contributed by atoms with Crippen molar-refractivity contribution < 1.29 is 18.0 Å². The Kier molecular flexibility index (Phi) is 11.4. The van der Waals surface area contributed by atoms with Gasteiger partial charge in [0, 0.05) is 24.0 Å². The molecule has 236 valence electrons. The van der Waals surface area contributed by atoms with Crippen LogP contribution in [0.2, 0.25) is 5.02 Å². The van der Waals surface area contributed by atoms with E-state index in [-0.39, 0.29) is 29.8 Å². The van der Waals surface area contributed by atoms with E-state index in [0.29, 0.717) is 16.3 Å². The van der Waals surface area contributed by atoms with Gasteiger partial charge in [-0.05, 0) is 74.2 Å². The first-order valence-corrected chi connectivity index (χ1v) is 16.8. The van der Waals surface area contributed by atoms with E-state index in [1.807, 2.05) is 81.4 Å². The number of sulfonamides is 1. The van der Waals surface area contributed by atoms with Gasteiger partial charge >= 0.3 is 0 Å². The van der Waals surface area contributed by atoms with Gasteiger partial charge in [0.05, 0.1) is 10.6 Å². The zero-order chi connectivity index (χ0) is 32.6. The standard InChI is InChI=1S/C36H40ClN3O4S/c1-5-28(4)38-36(42)34(23-29-12-7-6-8-13-29)39(24-30-17-15-26(2)16-18-30)35(41)25-40(33-14-10-9-11-27(33)3)45(43,44)32-21-19-31(37)20-22-32/h6-22,28,34H,5,23-25H2,1-4H3,(H,38,42)/t28-,34-/m0/s1. The number of amides is 2. The monoisotopic (exact) mass is 645 g/mol. The molecular formula is C36H40ClN3O4S. The first kappa shape index (κ1) is 33.7. The lowest BCUT2D eigenvalue weighted by Gasteiger charge is -2.34. The van der Waals surface area contributed by atoms with Crippen molar-refractivity contribution >= 4 is 39.1 Å². The van der Waals surface area contributed by atoms with Crippen LogP contribution in [0.5, 0.6) is 0 Å². The van der Waals surface area contributed by atoms with Crippen molar-refractivity contribution in [3.63, 3.8) is 0 Å². The number of aryl methyl sites for hydroxylation is 2. The lowest BCUT2D eigenvalue weighted by atomic mass is 10.0. The van der Waals surface area contributed by atoms with Crippen LogP contribution in [0.3, 0.4) is 0 Å². The summed E-state index contributed by atoms with van der Waals surface area (Å²) in [5, 5.41) is 3.45. The van der Waals surface area contributed by atoms with Crippen LogP contribution < -0.4 is 9.62 Å². The highest BCUT2D eigenvalue weighted by molar-refractivity contribution is 7.92. The Labute approximate surface area is 271 Å². The predicted molar refractivity (Wildman–Crippen MR) is 181 cm³/mol.